The van der Waals surface area contributed by atoms with Crippen LogP contribution in [0.3, 0.4) is 0 Å². The SMILES string of the molecule is CNC(c1ccsc1)c1ccc(Br)cc1C(F)(F)F. The number of hydrogen-bond donors (Lipinski definition) is 1. The van der Waals surface area contributed by atoms with Crippen molar-refractivity contribution < 1.29 is 13.2 Å². The minimum atomic E-state index is -4.37. The zero-order valence-electron chi connectivity index (χ0n) is 9.96. The van der Waals surface area contributed by atoms with Crippen LogP contribution in [-0.4, -0.2) is 7.05 Å². The first-order chi connectivity index (χ1) is 8.93. The molecule has 1 N–H and O–H groups in total. The second-order valence-corrected chi connectivity index (χ2v) is 5.70. The van der Waals surface area contributed by atoms with Gasteiger partial charge in [-0.1, -0.05) is 22.0 Å². The summed E-state index contributed by atoms with van der Waals surface area (Å²) in [4.78, 5) is 0. The summed E-state index contributed by atoms with van der Waals surface area (Å²) in [5.41, 5.74) is 0.448. The fourth-order valence-electron chi connectivity index (χ4n) is 1.97. The normalized spacial score (nSPS) is 13.5. The molecule has 1 unspecified atom stereocenters. The second kappa shape index (κ2) is 5.64. The molecule has 0 spiro atoms. The Bertz CT molecular complexity index is 552. The molecule has 1 aromatic carbocycles. The minimum Gasteiger partial charge on any atom is -0.309 e. The highest BCUT2D eigenvalue weighted by Gasteiger charge is 2.35. The molecule has 6 heteroatoms. The first kappa shape index (κ1) is 14.6. The van der Waals surface area contributed by atoms with E-state index in [2.05, 4.69) is 21.2 Å². The Morgan fingerprint density at radius 1 is 1.26 bits per heavy atom. The summed E-state index contributed by atoms with van der Waals surface area (Å²) in [7, 11) is 1.66. The van der Waals surface area contributed by atoms with E-state index in [4.69, 9.17) is 0 Å². The summed E-state index contributed by atoms with van der Waals surface area (Å²) in [5, 5.41) is 6.65. The van der Waals surface area contributed by atoms with Crippen molar-refractivity contribution in [3.05, 3.63) is 56.2 Å². The Labute approximate surface area is 121 Å². The molecule has 2 aromatic rings. The van der Waals surface area contributed by atoms with E-state index in [1.54, 1.807) is 13.1 Å². The van der Waals surface area contributed by atoms with Gasteiger partial charge in [0.25, 0.3) is 0 Å². The van der Waals surface area contributed by atoms with Crippen molar-refractivity contribution in [1.29, 1.82) is 0 Å². The molecule has 0 saturated carbocycles. The fourth-order valence-corrected chi connectivity index (χ4v) is 3.01. The molecule has 1 nitrogen and oxygen atoms in total. The van der Waals surface area contributed by atoms with Gasteiger partial charge in [-0.3, -0.25) is 0 Å². The summed E-state index contributed by atoms with van der Waals surface area (Å²) >= 11 is 4.55. The number of hydrogen-bond acceptors (Lipinski definition) is 2. The van der Waals surface area contributed by atoms with Crippen LogP contribution < -0.4 is 5.32 Å². The molecule has 2 rings (SSSR count). The molecule has 1 heterocycles. The molecule has 102 valence electrons. The lowest BCUT2D eigenvalue weighted by molar-refractivity contribution is -0.138. The molecule has 0 amide bonds. The van der Waals surface area contributed by atoms with Crippen LogP contribution in [0, 0.1) is 0 Å². The van der Waals surface area contributed by atoms with Gasteiger partial charge in [-0.2, -0.15) is 24.5 Å². The molecule has 0 aliphatic heterocycles. The molecule has 1 aromatic heterocycles. The summed E-state index contributed by atoms with van der Waals surface area (Å²) in [5.74, 6) is 0. The zero-order valence-corrected chi connectivity index (χ0v) is 12.4. The molecule has 0 aliphatic rings. The van der Waals surface area contributed by atoms with Crippen LogP contribution in [0.25, 0.3) is 0 Å². The van der Waals surface area contributed by atoms with E-state index in [1.165, 1.54) is 17.4 Å². The van der Waals surface area contributed by atoms with Crippen LogP contribution in [0.15, 0.2) is 39.5 Å². The Kier molecular flexibility index (Phi) is 4.32. The average Bonchev–Trinajstić information content (AvgIpc) is 2.84. The van der Waals surface area contributed by atoms with Crippen molar-refractivity contribution in [2.24, 2.45) is 0 Å². The molecule has 0 radical (unpaired) electrons. The highest BCUT2D eigenvalue weighted by Crippen LogP contribution is 2.38. The van der Waals surface area contributed by atoms with Crippen molar-refractivity contribution in [1.82, 2.24) is 5.32 Å². The van der Waals surface area contributed by atoms with Gasteiger partial charge >= 0.3 is 6.18 Å². The van der Waals surface area contributed by atoms with E-state index in [9.17, 15) is 13.2 Å². The number of halogens is 4. The lowest BCUT2D eigenvalue weighted by atomic mass is 9.96. The van der Waals surface area contributed by atoms with E-state index in [1.807, 2.05) is 16.8 Å². The zero-order chi connectivity index (χ0) is 14.0. The van der Waals surface area contributed by atoms with E-state index in [-0.39, 0.29) is 5.56 Å². The van der Waals surface area contributed by atoms with Crippen molar-refractivity contribution in [2.45, 2.75) is 12.2 Å². The van der Waals surface area contributed by atoms with E-state index >= 15 is 0 Å². The highest BCUT2D eigenvalue weighted by atomic mass is 79.9. The quantitative estimate of drug-likeness (QED) is 0.835. The predicted molar refractivity (Wildman–Crippen MR) is 74.4 cm³/mol. The number of nitrogens with one attached hydrogen (secondary N) is 1. The van der Waals surface area contributed by atoms with Gasteiger partial charge in [0.1, 0.15) is 0 Å². The predicted octanol–water partition coefficient (Wildman–Crippen LogP) is 4.84. The van der Waals surface area contributed by atoms with Crippen LogP contribution in [0.1, 0.15) is 22.7 Å². The first-order valence-corrected chi connectivity index (χ1v) is 7.23. The van der Waals surface area contributed by atoms with Crippen molar-refractivity contribution in [3.63, 3.8) is 0 Å². The van der Waals surface area contributed by atoms with Crippen molar-refractivity contribution >= 4 is 27.3 Å². The topological polar surface area (TPSA) is 12.0 Å². The van der Waals surface area contributed by atoms with Gasteiger partial charge in [-0.15, -0.1) is 0 Å². The maximum absolute atomic E-state index is 13.1. The van der Waals surface area contributed by atoms with Gasteiger partial charge < -0.3 is 5.32 Å². The summed E-state index contributed by atoms with van der Waals surface area (Å²) in [6.07, 6.45) is -4.37. The van der Waals surface area contributed by atoms with Gasteiger partial charge in [-0.05, 0) is 47.1 Å². The average molecular weight is 350 g/mol. The summed E-state index contributed by atoms with van der Waals surface area (Å²) in [6, 6.07) is 5.61. The van der Waals surface area contributed by atoms with Crippen molar-refractivity contribution in [2.75, 3.05) is 7.05 Å². The van der Waals surface area contributed by atoms with Crippen molar-refractivity contribution in [3.8, 4) is 0 Å². The molecule has 0 bridgehead atoms. The first-order valence-electron chi connectivity index (χ1n) is 5.49. The minimum absolute atomic E-state index is 0.233. The Morgan fingerprint density at radius 3 is 2.53 bits per heavy atom. The number of thiophene rings is 1. The molecule has 0 saturated heterocycles. The largest absolute Gasteiger partial charge is 0.416 e. The number of benzene rings is 1. The van der Waals surface area contributed by atoms with Crippen LogP contribution in [0.2, 0.25) is 0 Å². The third-order valence-electron chi connectivity index (χ3n) is 2.80. The van der Waals surface area contributed by atoms with Crippen LogP contribution in [0.5, 0.6) is 0 Å². The van der Waals surface area contributed by atoms with E-state index in [0.29, 0.717) is 4.47 Å². The monoisotopic (exact) mass is 349 g/mol. The van der Waals surface area contributed by atoms with Gasteiger partial charge in [0.05, 0.1) is 11.6 Å². The molecule has 19 heavy (non-hydrogen) atoms. The maximum atomic E-state index is 13.1. The third kappa shape index (κ3) is 3.19. The third-order valence-corrected chi connectivity index (χ3v) is 3.99. The molecule has 0 fully saturated rings. The maximum Gasteiger partial charge on any atom is 0.416 e. The van der Waals surface area contributed by atoms with E-state index in [0.717, 1.165) is 11.6 Å². The highest BCUT2D eigenvalue weighted by molar-refractivity contribution is 9.10. The molecule has 0 aliphatic carbocycles. The van der Waals surface area contributed by atoms with Crippen LogP contribution in [-0.2, 0) is 6.18 Å². The van der Waals surface area contributed by atoms with Crippen LogP contribution in [0.4, 0.5) is 13.2 Å². The number of alkyl halides is 3. The standard InChI is InChI=1S/C13H11BrF3NS/c1-18-12(8-4-5-19-7-8)10-3-2-9(14)6-11(10)13(15,16)17/h2-7,12,18H,1H3. The number of rotatable bonds is 3. The lowest BCUT2D eigenvalue weighted by Crippen LogP contribution is -2.21. The Hall–Kier alpha value is -0.850. The van der Waals surface area contributed by atoms with E-state index < -0.39 is 17.8 Å². The summed E-state index contributed by atoms with van der Waals surface area (Å²) in [6.45, 7) is 0. The second-order valence-electron chi connectivity index (χ2n) is 4.01. The smallest absolute Gasteiger partial charge is 0.309 e. The Balaban J connectivity index is 2.55. The Morgan fingerprint density at radius 2 is 2.00 bits per heavy atom. The lowest BCUT2D eigenvalue weighted by Gasteiger charge is -2.21. The molecular formula is C13H11BrF3NS. The van der Waals surface area contributed by atoms with Gasteiger partial charge in [-0.25, -0.2) is 0 Å². The molecular weight excluding hydrogens is 339 g/mol. The van der Waals surface area contributed by atoms with Gasteiger partial charge in [0.15, 0.2) is 0 Å². The molecule has 1 atom stereocenters. The fraction of sp³-hybridized carbons (Fsp3) is 0.231. The van der Waals surface area contributed by atoms with Gasteiger partial charge in [0.2, 0.25) is 0 Å². The summed E-state index contributed by atoms with van der Waals surface area (Å²) < 4.78 is 39.8. The van der Waals surface area contributed by atoms with Crippen LogP contribution >= 0.6 is 27.3 Å². The van der Waals surface area contributed by atoms with Gasteiger partial charge in [0, 0.05) is 4.47 Å².